The van der Waals surface area contributed by atoms with Crippen molar-refractivity contribution in [1.29, 1.82) is 0 Å². The van der Waals surface area contributed by atoms with Gasteiger partial charge >= 0.3 is 5.97 Å². The van der Waals surface area contributed by atoms with E-state index in [1.807, 2.05) is 24.3 Å². The van der Waals surface area contributed by atoms with Crippen LogP contribution in [-0.2, 0) is 14.3 Å². The van der Waals surface area contributed by atoms with Crippen molar-refractivity contribution in [1.82, 2.24) is 10.3 Å². The molecule has 0 radical (unpaired) electrons. The van der Waals surface area contributed by atoms with Crippen LogP contribution in [0.25, 0.3) is 10.9 Å². The maximum atomic E-state index is 11.6. The van der Waals surface area contributed by atoms with Crippen LogP contribution in [0.1, 0.15) is 6.92 Å². The number of pyridine rings is 1. The van der Waals surface area contributed by atoms with E-state index >= 15 is 0 Å². The highest BCUT2D eigenvalue weighted by molar-refractivity contribution is 5.85. The summed E-state index contributed by atoms with van der Waals surface area (Å²) in [7, 11) is 1.26. The van der Waals surface area contributed by atoms with Crippen molar-refractivity contribution >= 4 is 22.8 Å². The predicted molar refractivity (Wildman–Crippen MR) is 76.9 cm³/mol. The summed E-state index contributed by atoms with van der Waals surface area (Å²) in [5.74, 6) is -0.337. The summed E-state index contributed by atoms with van der Waals surface area (Å²) in [5.41, 5.74) is 0.700. The molecule has 0 aliphatic heterocycles. The SMILES string of the molecule is COC(=O)C(COc1cccc2cccnc12)NC(C)=O. The standard InChI is InChI=1S/C15H16N2O4/c1-10(18)17-12(15(19)20-2)9-21-13-7-3-5-11-6-4-8-16-14(11)13/h3-8,12H,9H2,1-2H3,(H,17,18). The molecule has 0 aliphatic rings. The predicted octanol–water partition coefficient (Wildman–Crippen LogP) is 1.29. The van der Waals surface area contributed by atoms with Gasteiger partial charge in [-0.15, -0.1) is 0 Å². The average molecular weight is 288 g/mol. The Bertz CT molecular complexity index is 652. The molecular formula is C15H16N2O4. The molecule has 1 amide bonds. The smallest absolute Gasteiger partial charge is 0.331 e. The Morgan fingerprint density at radius 3 is 2.76 bits per heavy atom. The Kier molecular flexibility index (Phi) is 4.71. The van der Waals surface area contributed by atoms with Crippen LogP contribution in [0.3, 0.4) is 0 Å². The van der Waals surface area contributed by atoms with Crippen molar-refractivity contribution in [3.63, 3.8) is 0 Å². The summed E-state index contributed by atoms with van der Waals surface area (Å²) in [6.45, 7) is 1.30. The topological polar surface area (TPSA) is 77.5 Å². The van der Waals surface area contributed by atoms with Gasteiger partial charge in [0.25, 0.3) is 0 Å². The van der Waals surface area contributed by atoms with E-state index in [-0.39, 0.29) is 12.5 Å². The number of rotatable bonds is 5. The molecule has 0 saturated heterocycles. The molecule has 1 unspecified atom stereocenters. The quantitative estimate of drug-likeness (QED) is 0.839. The Labute approximate surface area is 122 Å². The number of esters is 1. The first-order valence-electron chi connectivity index (χ1n) is 6.43. The van der Waals surface area contributed by atoms with Gasteiger partial charge in [0.15, 0.2) is 6.04 Å². The first kappa shape index (κ1) is 14.8. The minimum Gasteiger partial charge on any atom is -0.489 e. The molecule has 110 valence electrons. The second kappa shape index (κ2) is 6.69. The van der Waals surface area contributed by atoms with Crippen LogP contribution < -0.4 is 10.1 Å². The first-order valence-corrected chi connectivity index (χ1v) is 6.43. The molecule has 0 saturated carbocycles. The van der Waals surface area contributed by atoms with Crippen molar-refractivity contribution in [3.05, 3.63) is 36.5 Å². The third-order valence-corrected chi connectivity index (χ3v) is 2.86. The van der Waals surface area contributed by atoms with Crippen LogP contribution in [0.2, 0.25) is 0 Å². The maximum absolute atomic E-state index is 11.6. The summed E-state index contributed by atoms with van der Waals surface area (Å²) in [4.78, 5) is 27.0. The van der Waals surface area contributed by atoms with Gasteiger partial charge in [-0.3, -0.25) is 9.78 Å². The van der Waals surface area contributed by atoms with Crippen LogP contribution in [0.5, 0.6) is 5.75 Å². The van der Waals surface area contributed by atoms with Crippen LogP contribution in [-0.4, -0.2) is 36.6 Å². The van der Waals surface area contributed by atoms with Gasteiger partial charge in [-0.25, -0.2) is 4.79 Å². The van der Waals surface area contributed by atoms with Crippen molar-refractivity contribution in [2.24, 2.45) is 0 Å². The van der Waals surface area contributed by atoms with Crippen molar-refractivity contribution < 1.29 is 19.1 Å². The van der Waals surface area contributed by atoms with Gasteiger partial charge < -0.3 is 14.8 Å². The Hall–Kier alpha value is -2.63. The Balaban J connectivity index is 2.15. The fourth-order valence-corrected chi connectivity index (χ4v) is 1.92. The van der Waals surface area contributed by atoms with Crippen molar-refractivity contribution in [2.75, 3.05) is 13.7 Å². The molecule has 0 spiro atoms. The number of ether oxygens (including phenoxy) is 2. The molecule has 21 heavy (non-hydrogen) atoms. The average Bonchev–Trinajstić information content (AvgIpc) is 2.50. The van der Waals surface area contributed by atoms with Crippen LogP contribution in [0.15, 0.2) is 36.5 Å². The highest BCUT2D eigenvalue weighted by Crippen LogP contribution is 2.22. The van der Waals surface area contributed by atoms with E-state index < -0.39 is 12.0 Å². The summed E-state index contributed by atoms with van der Waals surface area (Å²) in [6.07, 6.45) is 1.67. The minimum atomic E-state index is -0.855. The molecule has 1 aromatic carbocycles. The number of carbonyl (C=O) groups is 2. The summed E-state index contributed by atoms with van der Waals surface area (Å²) in [6, 6.07) is 8.41. The molecule has 2 aromatic rings. The zero-order valence-electron chi connectivity index (χ0n) is 11.8. The van der Waals surface area contributed by atoms with E-state index in [1.165, 1.54) is 14.0 Å². The lowest BCUT2D eigenvalue weighted by Gasteiger charge is -2.16. The molecule has 1 atom stereocenters. The summed E-state index contributed by atoms with van der Waals surface area (Å²) >= 11 is 0. The van der Waals surface area contributed by atoms with E-state index in [4.69, 9.17) is 4.74 Å². The number of aromatic nitrogens is 1. The van der Waals surface area contributed by atoms with Gasteiger partial charge in [-0.2, -0.15) is 0 Å². The third-order valence-electron chi connectivity index (χ3n) is 2.86. The highest BCUT2D eigenvalue weighted by Gasteiger charge is 2.21. The second-order valence-electron chi connectivity index (χ2n) is 4.42. The van der Waals surface area contributed by atoms with Crippen molar-refractivity contribution in [3.8, 4) is 5.75 Å². The molecule has 0 fully saturated rings. The number of hydrogen-bond donors (Lipinski definition) is 1. The van der Waals surface area contributed by atoms with E-state index in [0.717, 1.165) is 5.39 Å². The number of benzene rings is 1. The van der Waals surface area contributed by atoms with E-state index in [0.29, 0.717) is 11.3 Å². The normalized spacial score (nSPS) is 11.7. The largest absolute Gasteiger partial charge is 0.489 e. The third kappa shape index (κ3) is 3.68. The number of hydrogen-bond acceptors (Lipinski definition) is 5. The molecule has 2 rings (SSSR count). The lowest BCUT2D eigenvalue weighted by molar-refractivity contribution is -0.145. The Morgan fingerprint density at radius 2 is 2.05 bits per heavy atom. The molecule has 6 heteroatoms. The van der Waals surface area contributed by atoms with E-state index in [1.54, 1.807) is 12.3 Å². The maximum Gasteiger partial charge on any atom is 0.331 e. The minimum absolute atomic E-state index is 0.0259. The van der Waals surface area contributed by atoms with Gasteiger partial charge in [0, 0.05) is 18.5 Å². The van der Waals surface area contributed by atoms with Gasteiger partial charge in [0.05, 0.1) is 7.11 Å². The fourth-order valence-electron chi connectivity index (χ4n) is 1.92. The van der Waals surface area contributed by atoms with E-state index in [2.05, 4.69) is 15.0 Å². The molecule has 1 N–H and O–H groups in total. The van der Waals surface area contributed by atoms with Crippen LogP contribution in [0, 0.1) is 0 Å². The van der Waals surface area contributed by atoms with Crippen LogP contribution >= 0.6 is 0 Å². The first-order chi connectivity index (χ1) is 10.1. The summed E-state index contributed by atoms with van der Waals surface area (Å²) in [5, 5.41) is 3.42. The number of methoxy groups -OCH3 is 1. The van der Waals surface area contributed by atoms with Gasteiger partial charge in [-0.05, 0) is 12.1 Å². The fraction of sp³-hybridized carbons (Fsp3) is 0.267. The lowest BCUT2D eigenvalue weighted by Crippen LogP contribution is -2.44. The van der Waals surface area contributed by atoms with Gasteiger partial charge in [-0.1, -0.05) is 18.2 Å². The Morgan fingerprint density at radius 1 is 1.29 bits per heavy atom. The lowest BCUT2D eigenvalue weighted by atomic mass is 10.2. The monoisotopic (exact) mass is 288 g/mol. The zero-order valence-corrected chi connectivity index (χ0v) is 11.8. The zero-order chi connectivity index (χ0) is 15.2. The van der Waals surface area contributed by atoms with Crippen LogP contribution in [0.4, 0.5) is 0 Å². The summed E-state index contributed by atoms with van der Waals surface area (Å²) < 4.78 is 10.3. The molecule has 1 aromatic heterocycles. The molecular weight excluding hydrogens is 272 g/mol. The van der Waals surface area contributed by atoms with Gasteiger partial charge in [0.2, 0.25) is 5.91 Å². The number of nitrogens with one attached hydrogen (secondary N) is 1. The number of para-hydroxylation sites is 1. The number of fused-ring (bicyclic) bond motifs is 1. The number of nitrogens with zero attached hydrogens (tertiary/aromatic N) is 1. The molecule has 6 nitrogen and oxygen atoms in total. The molecule has 0 bridgehead atoms. The highest BCUT2D eigenvalue weighted by atomic mass is 16.5. The number of carbonyl (C=O) groups excluding carboxylic acids is 2. The molecule has 1 heterocycles. The van der Waals surface area contributed by atoms with E-state index in [9.17, 15) is 9.59 Å². The van der Waals surface area contributed by atoms with Crippen molar-refractivity contribution in [2.45, 2.75) is 13.0 Å². The second-order valence-corrected chi connectivity index (χ2v) is 4.42. The molecule has 0 aliphatic carbocycles. The van der Waals surface area contributed by atoms with Gasteiger partial charge in [0.1, 0.15) is 17.9 Å². The number of amides is 1.